The van der Waals surface area contributed by atoms with Crippen LogP contribution < -0.4 is 16.0 Å². The van der Waals surface area contributed by atoms with E-state index in [1.165, 1.54) is 5.56 Å². The second kappa shape index (κ2) is 9.82. The summed E-state index contributed by atoms with van der Waals surface area (Å²) in [4.78, 5) is 4.38. The van der Waals surface area contributed by atoms with Gasteiger partial charge in [0.25, 0.3) is 0 Å². The Labute approximate surface area is 137 Å². The van der Waals surface area contributed by atoms with Gasteiger partial charge in [-0.3, -0.25) is 4.99 Å². The van der Waals surface area contributed by atoms with Gasteiger partial charge in [0, 0.05) is 39.0 Å². The van der Waals surface area contributed by atoms with E-state index in [2.05, 4.69) is 45.2 Å². The van der Waals surface area contributed by atoms with E-state index in [1.807, 2.05) is 0 Å². The third-order valence-corrected chi connectivity index (χ3v) is 2.95. The van der Waals surface area contributed by atoms with Gasteiger partial charge in [-0.05, 0) is 24.1 Å². The maximum absolute atomic E-state index is 5.00. The summed E-state index contributed by atoms with van der Waals surface area (Å²) in [6.45, 7) is 4.26. The van der Waals surface area contributed by atoms with Gasteiger partial charge in [-0.2, -0.15) is 0 Å². The zero-order chi connectivity index (χ0) is 13.3. The molecule has 0 saturated heterocycles. The average molecular weight is 390 g/mol. The number of ether oxygens (including phenoxy) is 1. The predicted molar refractivity (Wildman–Crippen MR) is 94.0 cm³/mol. The molecule has 0 radical (unpaired) electrons. The van der Waals surface area contributed by atoms with Crippen molar-refractivity contribution in [3.63, 3.8) is 0 Å². The van der Waals surface area contributed by atoms with Crippen molar-refractivity contribution in [2.45, 2.75) is 13.0 Å². The molecule has 0 aromatic heterocycles. The highest BCUT2D eigenvalue weighted by Crippen LogP contribution is 2.09. The molecule has 0 saturated carbocycles. The van der Waals surface area contributed by atoms with Gasteiger partial charge in [-0.1, -0.05) is 12.1 Å². The Morgan fingerprint density at radius 2 is 2.05 bits per heavy atom. The van der Waals surface area contributed by atoms with Crippen LogP contribution in [0.2, 0.25) is 0 Å². The maximum Gasteiger partial charge on any atom is 0.191 e. The van der Waals surface area contributed by atoms with Crippen LogP contribution in [-0.2, 0) is 11.3 Å². The van der Waals surface area contributed by atoms with Crippen molar-refractivity contribution >= 4 is 35.6 Å². The lowest BCUT2D eigenvalue weighted by Crippen LogP contribution is -2.40. The first-order valence-corrected chi connectivity index (χ1v) is 6.72. The van der Waals surface area contributed by atoms with Crippen molar-refractivity contribution in [3.05, 3.63) is 29.8 Å². The smallest absolute Gasteiger partial charge is 0.191 e. The Kier molecular flexibility index (Phi) is 8.36. The number of guanidine groups is 1. The second-order valence-electron chi connectivity index (χ2n) is 4.48. The van der Waals surface area contributed by atoms with E-state index in [9.17, 15) is 0 Å². The third kappa shape index (κ3) is 5.96. The van der Waals surface area contributed by atoms with Crippen molar-refractivity contribution in [1.29, 1.82) is 0 Å². The number of halogens is 1. The first-order valence-electron chi connectivity index (χ1n) is 6.72. The molecule has 1 aliphatic heterocycles. The molecule has 0 spiro atoms. The molecule has 0 unspecified atom stereocenters. The first kappa shape index (κ1) is 17.0. The lowest BCUT2D eigenvalue weighted by molar-refractivity contribution is 0.211. The summed E-state index contributed by atoms with van der Waals surface area (Å²) in [7, 11) is 1.71. The predicted octanol–water partition coefficient (Wildman–Crippen LogP) is 1.80. The lowest BCUT2D eigenvalue weighted by atomic mass is 10.2. The highest BCUT2D eigenvalue weighted by atomic mass is 127. The molecule has 1 aromatic carbocycles. The molecule has 5 nitrogen and oxygen atoms in total. The molecule has 112 valence electrons. The number of rotatable bonds is 6. The maximum atomic E-state index is 5.00. The minimum atomic E-state index is 0. The van der Waals surface area contributed by atoms with Crippen molar-refractivity contribution in [2.75, 3.05) is 38.7 Å². The normalized spacial score (nSPS) is 13.8. The van der Waals surface area contributed by atoms with Crippen molar-refractivity contribution in [2.24, 2.45) is 4.99 Å². The summed E-state index contributed by atoms with van der Waals surface area (Å²) in [6.07, 6.45) is 1.12. The van der Waals surface area contributed by atoms with E-state index in [0.717, 1.165) is 50.9 Å². The van der Waals surface area contributed by atoms with Gasteiger partial charge in [0.2, 0.25) is 0 Å². The van der Waals surface area contributed by atoms with Crippen LogP contribution in [0.5, 0.6) is 0 Å². The zero-order valence-corrected chi connectivity index (χ0v) is 14.1. The second-order valence-corrected chi connectivity index (χ2v) is 4.48. The molecule has 6 heteroatoms. The van der Waals surface area contributed by atoms with Crippen LogP contribution in [0, 0.1) is 0 Å². The van der Waals surface area contributed by atoms with E-state index in [4.69, 9.17) is 4.74 Å². The van der Waals surface area contributed by atoms with Gasteiger partial charge in [0.1, 0.15) is 0 Å². The zero-order valence-electron chi connectivity index (χ0n) is 11.8. The van der Waals surface area contributed by atoms with Gasteiger partial charge in [-0.25, -0.2) is 0 Å². The molecule has 0 fully saturated rings. The molecule has 1 heterocycles. The Morgan fingerprint density at radius 3 is 2.70 bits per heavy atom. The minimum Gasteiger partial charge on any atom is -0.383 e. The van der Waals surface area contributed by atoms with Crippen molar-refractivity contribution in [3.8, 4) is 0 Å². The van der Waals surface area contributed by atoms with Crippen LogP contribution in [0.1, 0.15) is 12.0 Å². The SMILES string of the molecule is COCCNc1ccc(CNC2=NCCCN2)cc1.I. The van der Waals surface area contributed by atoms with Crippen LogP contribution in [0.3, 0.4) is 0 Å². The quantitative estimate of drug-likeness (QED) is 0.512. The number of hydrogen-bond acceptors (Lipinski definition) is 5. The largest absolute Gasteiger partial charge is 0.383 e. The molecule has 0 amide bonds. The Morgan fingerprint density at radius 1 is 1.25 bits per heavy atom. The van der Waals surface area contributed by atoms with Gasteiger partial charge in [-0.15, -0.1) is 24.0 Å². The Balaban J connectivity index is 0.00000200. The molecule has 1 aliphatic rings. The summed E-state index contributed by atoms with van der Waals surface area (Å²) >= 11 is 0. The number of methoxy groups -OCH3 is 1. The Hall–Kier alpha value is -1.02. The molecular weight excluding hydrogens is 367 g/mol. The van der Waals surface area contributed by atoms with Gasteiger partial charge in [0.05, 0.1) is 6.61 Å². The first-order chi connectivity index (χ1) is 9.38. The van der Waals surface area contributed by atoms with E-state index < -0.39 is 0 Å². The van der Waals surface area contributed by atoms with Crippen molar-refractivity contribution < 1.29 is 4.74 Å². The fourth-order valence-corrected chi connectivity index (χ4v) is 1.87. The summed E-state index contributed by atoms with van der Waals surface area (Å²) < 4.78 is 5.00. The summed E-state index contributed by atoms with van der Waals surface area (Å²) in [5, 5.41) is 9.85. The number of aliphatic imine (C=N–C) groups is 1. The number of anilines is 1. The van der Waals surface area contributed by atoms with Crippen LogP contribution in [0.4, 0.5) is 5.69 Å². The van der Waals surface area contributed by atoms with E-state index in [1.54, 1.807) is 7.11 Å². The standard InChI is InChI=1S/C14H22N4O.HI/c1-19-10-9-15-13-5-3-12(4-6-13)11-18-14-16-7-2-8-17-14;/h3-6,15H,2,7-11H2,1H3,(H2,16,17,18);1H. The molecule has 0 bridgehead atoms. The molecule has 3 N–H and O–H groups in total. The molecule has 0 aliphatic carbocycles. The minimum absolute atomic E-state index is 0. The van der Waals surface area contributed by atoms with Crippen LogP contribution in [0.15, 0.2) is 29.3 Å². The fraction of sp³-hybridized carbons (Fsp3) is 0.500. The monoisotopic (exact) mass is 390 g/mol. The van der Waals surface area contributed by atoms with E-state index >= 15 is 0 Å². The summed E-state index contributed by atoms with van der Waals surface area (Å²) in [5.41, 5.74) is 2.36. The summed E-state index contributed by atoms with van der Waals surface area (Å²) in [5.74, 6) is 0.911. The van der Waals surface area contributed by atoms with E-state index in [0.29, 0.717) is 0 Å². The van der Waals surface area contributed by atoms with Crippen LogP contribution in [0.25, 0.3) is 0 Å². The fourth-order valence-electron chi connectivity index (χ4n) is 1.87. The van der Waals surface area contributed by atoms with Gasteiger partial charge >= 0.3 is 0 Å². The number of hydrogen-bond donors (Lipinski definition) is 3. The van der Waals surface area contributed by atoms with Crippen molar-refractivity contribution in [1.82, 2.24) is 10.6 Å². The topological polar surface area (TPSA) is 57.7 Å². The average Bonchev–Trinajstić information content (AvgIpc) is 2.48. The molecule has 0 atom stereocenters. The molecule has 1 aromatic rings. The number of benzene rings is 1. The number of nitrogens with one attached hydrogen (secondary N) is 3. The number of nitrogens with zero attached hydrogens (tertiary/aromatic N) is 1. The highest BCUT2D eigenvalue weighted by molar-refractivity contribution is 14.0. The van der Waals surface area contributed by atoms with Gasteiger partial charge in [0.15, 0.2) is 5.96 Å². The van der Waals surface area contributed by atoms with Gasteiger partial charge < -0.3 is 20.7 Å². The highest BCUT2D eigenvalue weighted by Gasteiger charge is 2.02. The Bertz CT molecular complexity index is 408. The molecule has 20 heavy (non-hydrogen) atoms. The molecular formula is C14H23IN4O. The molecule has 2 rings (SSSR count). The lowest BCUT2D eigenvalue weighted by Gasteiger charge is -2.16. The van der Waals surface area contributed by atoms with Crippen LogP contribution >= 0.6 is 24.0 Å². The van der Waals surface area contributed by atoms with Crippen LogP contribution in [-0.4, -0.2) is 39.3 Å². The van der Waals surface area contributed by atoms with E-state index in [-0.39, 0.29) is 24.0 Å². The summed E-state index contributed by atoms with van der Waals surface area (Å²) in [6, 6.07) is 8.41. The third-order valence-electron chi connectivity index (χ3n) is 2.95.